The quantitative estimate of drug-likeness (QED) is 0.785. The third-order valence-corrected chi connectivity index (χ3v) is 6.29. The van der Waals surface area contributed by atoms with Crippen LogP contribution in [0.5, 0.6) is 0 Å². The zero-order valence-corrected chi connectivity index (χ0v) is 16.9. The van der Waals surface area contributed by atoms with E-state index in [2.05, 4.69) is 45.6 Å². The van der Waals surface area contributed by atoms with Gasteiger partial charge in [0.2, 0.25) is 11.8 Å². The van der Waals surface area contributed by atoms with E-state index in [0.29, 0.717) is 30.2 Å². The van der Waals surface area contributed by atoms with Gasteiger partial charge in [0.1, 0.15) is 0 Å². The number of aromatic nitrogens is 2. The minimum Gasteiger partial charge on any atom is -0.341 e. The molecule has 3 fully saturated rings. The number of carbonyl (C=O) groups is 1. The molecule has 3 unspecified atom stereocenters. The summed E-state index contributed by atoms with van der Waals surface area (Å²) in [5.41, 5.74) is 0. The number of hydrogen-bond acceptors (Lipinski definition) is 6. The number of nitrogens with zero attached hydrogens (tertiary/aromatic N) is 5. The van der Waals surface area contributed by atoms with Crippen molar-refractivity contribution in [2.24, 2.45) is 11.8 Å². The fourth-order valence-electron chi connectivity index (χ4n) is 4.55. The van der Waals surface area contributed by atoms with Crippen molar-refractivity contribution in [2.45, 2.75) is 52.0 Å². The van der Waals surface area contributed by atoms with Gasteiger partial charge in [-0.15, -0.1) is 0 Å². The van der Waals surface area contributed by atoms with Crippen LogP contribution in [-0.2, 0) is 4.79 Å². The van der Waals surface area contributed by atoms with E-state index in [1.54, 1.807) is 0 Å². The normalized spacial score (nSPS) is 29.1. The molecule has 2 aliphatic heterocycles. The van der Waals surface area contributed by atoms with Gasteiger partial charge in [0, 0.05) is 45.2 Å². The van der Waals surface area contributed by atoms with E-state index in [1.807, 2.05) is 0 Å². The topological polar surface area (TPSA) is 65.7 Å². The molecule has 3 atom stereocenters. The van der Waals surface area contributed by atoms with Gasteiger partial charge in [-0.2, -0.15) is 4.98 Å². The molecule has 0 radical (unpaired) electrons. The van der Waals surface area contributed by atoms with E-state index in [0.717, 1.165) is 51.0 Å². The predicted octanol–water partition coefficient (Wildman–Crippen LogP) is 2.13. The maximum Gasteiger partial charge on any atom is 0.243 e. The van der Waals surface area contributed by atoms with Gasteiger partial charge in [0.25, 0.3) is 0 Å². The Labute approximate surface area is 162 Å². The smallest absolute Gasteiger partial charge is 0.243 e. The molecule has 150 valence electrons. The Morgan fingerprint density at radius 2 is 1.81 bits per heavy atom. The highest BCUT2D eigenvalue weighted by Crippen LogP contribution is 2.38. The maximum absolute atomic E-state index is 12.7. The van der Waals surface area contributed by atoms with E-state index in [9.17, 15) is 4.79 Å². The van der Waals surface area contributed by atoms with E-state index in [4.69, 9.17) is 4.52 Å². The molecule has 1 saturated carbocycles. The first-order valence-corrected chi connectivity index (χ1v) is 10.6. The van der Waals surface area contributed by atoms with Gasteiger partial charge in [-0.1, -0.05) is 19.0 Å². The van der Waals surface area contributed by atoms with Crippen molar-refractivity contribution >= 4 is 5.91 Å². The molecule has 0 aromatic carbocycles. The van der Waals surface area contributed by atoms with Crippen molar-refractivity contribution in [3.63, 3.8) is 0 Å². The van der Waals surface area contributed by atoms with Crippen LogP contribution >= 0.6 is 0 Å². The van der Waals surface area contributed by atoms with Crippen LogP contribution in [0, 0.1) is 11.8 Å². The number of hydrogen-bond donors (Lipinski definition) is 0. The van der Waals surface area contributed by atoms with Crippen molar-refractivity contribution < 1.29 is 9.32 Å². The van der Waals surface area contributed by atoms with Crippen LogP contribution in [0.2, 0.25) is 0 Å². The maximum atomic E-state index is 12.7. The van der Waals surface area contributed by atoms with Gasteiger partial charge in [-0.25, -0.2) is 0 Å². The average molecular weight is 376 g/mol. The summed E-state index contributed by atoms with van der Waals surface area (Å²) in [7, 11) is 0. The van der Waals surface area contributed by atoms with E-state index in [-0.39, 0.29) is 6.04 Å². The molecule has 0 N–H and O–H groups in total. The lowest BCUT2D eigenvalue weighted by atomic mass is 9.92. The van der Waals surface area contributed by atoms with Gasteiger partial charge in [-0.3, -0.25) is 14.6 Å². The van der Waals surface area contributed by atoms with Crippen LogP contribution in [0.1, 0.15) is 63.7 Å². The van der Waals surface area contributed by atoms with E-state index in [1.165, 1.54) is 19.3 Å². The first kappa shape index (κ1) is 18.9. The van der Waals surface area contributed by atoms with Crippen molar-refractivity contribution in [3.05, 3.63) is 11.7 Å². The summed E-state index contributed by atoms with van der Waals surface area (Å²) in [4.78, 5) is 24.1. The zero-order valence-electron chi connectivity index (χ0n) is 16.9. The number of carbonyl (C=O) groups excluding carboxylic acids is 1. The van der Waals surface area contributed by atoms with Crippen molar-refractivity contribution in [1.29, 1.82) is 0 Å². The predicted molar refractivity (Wildman–Crippen MR) is 102 cm³/mol. The number of amides is 1. The largest absolute Gasteiger partial charge is 0.341 e. The molecule has 0 bridgehead atoms. The van der Waals surface area contributed by atoms with Crippen LogP contribution in [0.4, 0.5) is 0 Å². The standard InChI is InChI=1S/C20H33N5O2/c1-14-10-15(2)12-25(11-14)18(26)13-23-6-8-24(9-7-23)16(3)20-21-19(22-27-20)17-4-5-17/h14-17H,4-13H2,1-3H3. The fraction of sp³-hybridized carbons (Fsp3) is 0.850. The lowest BCUT2D eigenvalue weighted by molar-refractivity contribution is -0.135. The number of likely N-dealkylation sites (tertiary alicyclic amines) is 1. The Hall–Kier alpha value is -1.47. The number of rotatable bonds is 5. The Bertz CT molecular complexity index is 641. The minimum atomic E-state index is 0.145. The molecule has 1 aromatic heterocycles. The van der Waals surface area contributed by atoms with Gasteiger partial charge in [0.05, 0.1) is 12.6 Å². The lowest BCUT2D eigenvalue weighted by Crippen LogP contribution is -2.52. The highest BCUT2D eigenvalue weighted by atomic mass is 16.5. The third-order valence-electron chi connectivity index (χ3n) is 6.29. The Kier molecular flexibility index (Phi) is 5.50. The SMILES string of the molecule is CC1CC(C)CN(C(=O)CN2CCN(C(C)c3nc(C4CC4)no3)CC2)C1. The number of piperazine rings is 1. The van der Waals surface area contributed by atoms with Gasteiger partial charge >= 0.3 is 0 Å². The van der Waals surface area contributed by atoms with Crippen LogP contribution in [0.25, 0.3) is 0 Å². The molecule has 4 rings (SSSR count). The Morgan fingerprint density at radius 3 is 2.44 bits per heavy atom. The first-order chi connectivity index (χ1) is 13.0. The molecule has 0 spiro atoms. The molecular weight excluding hydrogens is 342 g/mol. The third kappa shape index (κ3) is 4.51. The average Bonchev–Trinajstić information content (AvgIpc) is 3.38. The summed E-state index contributed by atoms with van der Waals surface area (Å²) in [5.74, 6) is 3.66. The summed E-state index contributed by atoms with van der Waals surface area (Å²) in [6, 6.07) is 0.145. The molecule has 1 aliphatic carbocycles. The van der Waals surface area contributed by atoms with Gasteiger partial charge < -0.3 is 9.42 Å². The summed E-state index contributed by atoms with van der Waals surface area (Å²) in [5, 5.41) is 4.14. The van der Waals surface area contributed by atoms with Crippen LogP contribution in [-0.4, -0.2) is 76.6 Å². The molecule has 3 aliphatic rings. The second-order valence-electron chi connectivity index (χ2n) is 9.00. The van der Waals surface area contributed by atoms with Crippen molar-refractivity contribution in [3.8, 4) is 0 Å². The zero-order chi connectivity index (χ0) is 19.0. The second-order valence-corrected chi connectivity index (χ2v) is 9.00. The molecular formula is C20H33N5O2. The molecule has 7 nitrogen and oxygen atoms in total. The van der Waals surface area contributed by atoms with Crippen LogP contribution in [0.3, 0.4) is 0 Å². The molecule has 27 heavy (non-hydrogen) atoms. The summed E-state index contributed by atoms with van der Waals surface area (Å²) < 4.78 is 5.49. The van der Waals surface area contributed by atoms with E-state index >= 15 is 0 Å². The molecule has 3 heterocycles. The first-order valence-electron chi connectivity index (χ1n) is 10.6. The van der Waals surface area contributed by atoms with Gasteiger partial charge in [0.15, 0.2) is 5.82 Å². The molecule has 7 heteroatoms. The van der Waals surface area contributed by atoms with Gasteiger partial charge in [-0.05, 0) is 38.0 Å². The fourth-order valence-corrected chi connectivity index (χ4v) is 4.55. The summed E-state index contributed by atoms with van der Waals surface area (Å²) in [6.07, 6.45) is 3.61. The highest BCUT2D eigenvalue weighted by Gasteiger charge is 2.32. The Balaban J connectivity index is 1.25. The summed E-state index contributed by atoms with van der Waals surface area (Å²) in [6.45, 7) is 12.7. The van der Waals surface area contributed by atoms with Crippen molar-refractivity contribution in [1.82, 2.24) is 24.8 Å². The van der Waals surface area contributed by atoms with Crippen LogP contribution < -0.4 is 0 Å². The highest BCUT2D eigenvalue weighted by molar-refractivity contribution is 5.78. The lowest BCUT2D eigenvalue weighted by Gasteiger charge is -2.39. The Morgan fingerprint density at radius 1 is 1.15 bits per heavy atom. The molecule has 1 amide bonds. The molecule has 1 aromatic rings. The minimum absolute atomic E-state index is 0.145. The van der Waals surface area contributed by atoms with Crippen molar-refractivity contribution in [2.75, 3.05) is 45.8 Å². The summed E-state index contributed by atoms with van der Waals surface area (Å²) >= 11 is 0. The molecule has 2 saturated heterocycles. The van der Waals surface area contributed by atoms with Crippen LogP contribution in [0.15, 0.2) is 4.52 Å². The number of piperidine rings is 1. The monoisotopic (exact) mass is 375 g/mol. The van der Waals surface area contributed by atoms with E-state index < -0.39 is 0 Å². The second kappa shape index (κ2) is 7.87.